The summed E-state index contributed by atoms with van der Waals surface area (Å²) in [5.74, 6) is 0.562. The number of tetrazole rings is 1. The Morgan fingerprint density at radius 1 is 1.21 bits per heavy atom. The summed E-state index contributed by atoms with van der Waals surface area (Å²) in [5, 5.41) is 32.5. The number of nitro groups is 1. The maximum Gasteiger partial charge on any atom is 0.288 e. The molecular formula is C16H10N8O4. The lowest BCUT2D eigenvalue weighted by molar-refractivity contribution is -0.385. The minimum Gasteiger partial charge on any atom is -0.463 e. The van der Waals surface area contributed by atoms with Gasteiger partial charge in [-0.05, 0) is 28.6 Å². The lowest BCUT2D eigenvalue weighted by atomic mass is 9.93. The summed E-state index contributed by atoms with van der Waals surface area (Å²) >= 11 is 0. The van der Waals surface area contributed by atoms with Gasteiger partial charge < -0.3 is 9.73 Å². The topological polar surface area (TPSA) is 158 Å². The van der Waals surface area contributed by atoms with E-state index in [0.29, 0.717) is 22.6 Å². The largest absolute Gasteiger partial charge is 0.463 e. The van der Waals surface area contributed by atoms with Gasteiger partial charge in [-0.15, -0.1) is 0 Å². The number of aromatic nitrogens is 6. The molecular weight excluding hydrogens is 368 g/mol. The summed E-state index contributed by atoms with van der Waals surface area (Å²) in [7, 11) is 0. The van der Waals surface area contributed by atoms with Gasteiger partial charge in [0.25, 0.3) is 11.2 Å². The van der Waals surface area contributed by atoms with Crippen molar-refractivity contribution in [2.24, 2.45) is 0 Å². The van der Waals surface area contributed by atoms with Crippen LogP contribution in [0.5, 0.6) is 0 Å². The third-order valence-electron chi connectivity index (χ3n) is 4.45. The maximum absolute atomic E-state index is 12.5. The number of hydrogen-bond acceptors (Lipinski definition) is 9. The average molecular weight is 378 g/mol. The van der Waals surface area contributed by atoms with E-state index in [1.165, 1.54) is 17.0 Å². The molecule has 12 nitrogen and oxygen atoms in total. The zero-order valence-electron chi connectivity index (χ0n) is 13.9. The molecule has 0 saturated carbocycles. The van der Waals surface area contributed by atoms with Gasteiger partial charge in [0.05, 0.1) is 16.7 Å². The van der Waals surface area contributed by atoms with Gasteiger partial charge in [-0.3, -0.25) is 14.9 Å². The van der Waals surface area contributed by atoms with Crippen molar-refractivity contribution < 1.29 is 9.34 Å². The zero-order valence-corrected chi connectivity index (χ0v) is 13.9. The molecule has 12 heteroatoms. The Balaban J connectivity index is 1.87. The van der Waals surface area contributed by atoms with Gasteiger partial charge >= 0.3 is 0 Å². The summed E-state index contributed by atoms with van der Waals surface area (Å²) in [4.78, 5) is 23.6. The zero-order chi connectivity index (χ0) is 19.3. The molecule has 0 fully saturated rings. The maximum atomic E-state index is 12.5. The minimum absolute atomic E-state index is 0.132. The highest BCUT2D eigenvalue weighted by atomic mass is 16.6. The van der Waals surface area contributed by atoms with E-state index in [0.717, 1.165) is 0 Å². The second-order valence-corrected chi connectivity index (χ2v) is 5.96. The molecule has 4 aromatic rings. The normalized spacial score (nSPS) is 14.8. The molecule has 138 valence electrons. The van der Waals surface area contributed by atoms with Crippen LogP contribution in [0.2, 0.25) is 0 Å². The fourth-order valence-corrected chi connectivity index (χ4v) is 3.31. The molecule has 5 rings (SSSR count). The number of furan rings is 1. The predicted molar refractivity (Wildman–Crippen MR) is 94.0 cm³/mol. The molecule has 2 N–H and O–H groups in total. The van der Waals surface area contributed by atoms with Gasteiger partial charge in [-0.25, -0.2) is 5.10 Å². The Bertz CT molecular complexity index is 1260. The van der Waals surface area contributed by atoms with E-state index in [-0.39, 0.29) is 17.3 Å². The molecule has 3 aromatic heterocycles. The van der Waals surface area contributed by atoms with Crippen molar-refractivity contribution in [3.63, 3.8) is 0 Å². The Morgan fingerprint density at radius 2 is 2.07 bits per heavy atom. The predicted octanol–water partition coefficient (Wildman–Crippen LogP) is 1.62. The number of nitro benzene ring substituents is 1. The summed E-state index contributed by atoms with van der Waals surface area (Å²) in [6.45, 7) is 0. The van der Waals surface area contributed by atoms with Gasteiger partial charge in [-0.2, -0.15) is 9.78 Å². The van der Waals surface area contributed by atoms with Gasteiger partial charge in [0, 0.05) is 11.6 Å². The second-order valence-electron chi connectivity index (χ2n) is 5.96. The van der Waals surface area contributed by atoms with Crippen molar-refractivity contribution in [1.82, 2.24) is 30.4 Å². The van der Waals surface area contributed by atoms with Crippen LogP contribution < -0.4 is 10.9 Å². The van der Waals surface area contributed by atoms with E-state index in [1.54, 1.807) is 30.3 Å². The summed E-state index contributed by atoms with van der Waals surface area (Å²) in [6.07, 6.45) is 1.47. The number of nitrogens with zero attached hydrogens (tertiary/aromatic N) is 6. The number of anilines is 2. The van der Waals surface area contributed by atoms with Crippen molar-refractivity contribution in [2.45, 2.75) is 6.04 Å². The molecule has 4 heterocycles. The van der Waals surface area contributed by atoms with Crippen LogP contribution in [0.4, 0.5) is 17.3 Å². The summed E-state index contributed by atoms with van der Waals surface area (Å²) in [6, 6.07) is 8.69. The molecule has 0 aliphatic carbocycles. The molecule has 28 heavy (non-hydrogen) atoms. The smallest absolute Gasteiger partial charge is 0.288 e. The van der Waals surface area contributed by atoms with E-state index in [2.05, 4.69) is 31.0 Å². The van der Waals surface area contributed by atoms with Gasteiger partial charge in [-0.1, -0.05) is 17.2 Å². The number of rotatable bonds is 3. The van der Waals surface area contributed by atoms with Gasteiger partial charge in [0.15, 0.2) is 5.76 Å². The first kappa shape index (κ1) is 15.9. The number of para-hydroxylation sites is 1. The fraction of sp³-hybridized carbons (Fsp3) is 0.0625. The highest BCUT2D eigenvalue weighted by molar-refractivity contribution is 5.74. The third kappa shape index (κ3) is 2.21. The van der Waals surface area contributed by atoms with Gasteiger partial charge in [0.2, 0.25) is 5.95 Å². The first-order valence-electron chi connectivity index (χ1n) is 8.10. The standard InChI is InChI=1S/C16H10N8O4/c25-15-13-11(12(18-19-15)10-6-3-7-28-10)14(23-16(17-13)20-21-22-23)8-4-1-2-5-9(8)24(26)27/h1-7,14H,(H,19,25)(H,17,20,22)/t14-/m0/s1. The molecule has 1 aliphatic heterocycles. The van der Waals surface area contributed by atoms with Crippen molar-refractivity contribution in [1.29, 1.82) is 0 Å². The SMILES string of the molecule is O=c1[nH]nc(-c2ccco2)c2c1Nc1nnnn1[C@H]2c1ccccc1[N+](=O)[O-]. The number of H-pyrrole nitrogens is 1. The van der Waals surface area contributed by atoms with E-state index >= 15 is 0 Å². The Morgan fingerprint density at radius 3 is 2.86 bits per heavy atom. The van der Waals surface area contributed by atoms with Crippen LogP contribution in [0, 0.1) is 10.1 Å². The Kier molecular flexibility index (Phi) is 3.31. The summed E-state index contributed by atoms with van der Waals surface area (Å²) < 4.78 is 6.82. The number of aromatic amines is 1. The molecule has 1 aliphatic rings. The van der Waals surface area contributed by atoms with Crippen molar-refractivity contribution in [2.75, 3.05) is 5.32 Å². The van der Waals surface area contributed by atoms with Crippen LogP contribution in [0.1, 0.15) is 17.2 Å². The summed E-state index contributed by atoms with van der Waals surface area (Å²) in [5.41, 5.74) is 0.496. The van der Waals surface area contributed by atoms with Crippen LogP contribution in [-0.4, -0.2) is 35.3 Å². The lowest BCUT2D eigenvalue weighted by Crippen LogP contribution is -2.29. The molecule has 0 amide bonds. The van der Waals surface area contributed by atoms with Crippen LogP contribution in [-0.2, 0) is 0 Å². The van der Waals surface area contributed by atoms with Crippen LogP contribution >= 0.6 is 0 Å². The quantitative estimate of drug-likeness (QED) is 0.351. The lowest BCUT2D eigenvalue weighted by Gasteiger charge is -2.27. The van der Waals surface area contributed by atoms with Gasteiger partial charge in [0.1, 0.15) is 17.4 Å². The Hall–Kier alpha value is -4.35. The molecule has 0 saturated heterocycles. The van der Waals surface area contributed by atoms with Crippen molar-refractivity contribution >= 4 is 17.3 Å². The third-order valence-corrected chi connectivity index (χ3v) is 4.45. The van der Waals surface area contributed by atoms with Crippen LogP contribution in [0.25, 0.3) is 11.5 Å². The minimum atomic E-state index is -0.863. The van der Waals surface area contributed by atoms with E-state index in [1.807, 2.05) is 0 Å². The molecule has 0 spiro atoms. The first-order valence-corrected chi connectivity index (χ1v) is 8.10. The molecule has 1 atom stereocenters. The van der Waals surface area contributed by atoms with Crippen LogP contribution in [0.15, 0.2) is 51.9 Å². The highest BCUT2D eigenvalue weighted by Crippen LogP contribution is 2.43. The monoisotopic (exact) mass is 378 g/mol. The molecule has 1 aromatic carbocycles. The number of hydrogen-bond donors (Lipinski definition) is 2. The van der Waals surface area contributed by atoms with Crippen LogP contribution in [0.3, 0.4) is 0 Å². The fourth-order valence-electron chi connectivity index (χ4n) is 3.31. The first-order chi connectivity index (χ1) is 13.6. The van der Waals surface area contributed by atoms with Crippen molar-refractivity contribution in [3.05, 3.63) is 74.3 Å². The number of nitrogens with one attached hydrogen (secondary N) is 2. The number of benzene rings is 1. The van der Waals surface area contributed by atoms with E-state index in [9.17, 15) is 14.9 Å². The number of fused-ring (bicyclic) bond motifs is 2. The Labute approximate surface area is 155 Å². The van der Waals surface area contributed by atoms with Crippen molar-refractivity contribution in [3.8, 4) is 11.5 Å². The highest BCUT2D eigenvalue weighted by Gasteiger charge is 2.37. The second kappa shape index (κ2) is 5.84. The molecule has 0 unspecified atom stereocenters. The van der Waals surface area contributed by atoms with E-state index < -0.39 is 16.5 Å². The average Bonchev–Trinajstić information content (AvgIpc) is 3.39. The van der Waals surface area contributed by atoms with E-state index in [4.69, 9.17) is 4.42 Å². The molecule has 0 bridgehead atoms. The molecule has 0 radical (unpaired) electrons.